The number of ether oxygens (including phenoxy) is 2. The highest BCUT2D eigenvalue weighted by atomic mass is 127. The molecular weight excluding hydrogens is 579 g/mol. The number of aliphatic hydroxyl groups is 1. The van der Waals surface area contributed by atoms with Gasteiger partial charge in [-0.1, -0.05) is 84.9 Å². The summed E-state index contributed by atoms with van der Waals surface area (Å²) in [6.07, 6.45) is 1.50. The molecule has 7 heteroatoms. The third kappa shape index (κ3) is 6.00. The molecule has 0 bridgehead atoms. The fourth-order valence-electron chi connectivity index (χ4n) is 3.91. The summed E-state index contributed by atoms with van der Waals surface area (Å²) in [5.74, 6) is 0.523. The monoisotopic (exact) mass is 606 g/mol. The van der Waals surface area contributed by atoms with Crippen molar-refractivity contribution in [3.05, 3.63) is 128 Å². The van der Waals surface area contributed by atoms with Crippen molar-refractivity contribution >= 4 is 34.7 Å². The number of hydrazone groups is 1. The standard InChI is InChI=1S/C30H27IN2O4/c1-21-11-9-10-12-23(21)20-37-28-26(31)17-22(18-27(28)36-2)19-32-33-29(34)30(35,24-13-5-3-6-14-24)25-15-7-4-8-16-25/h3-19,35H,20H2,1-2H3,(H,33,34)/b32-19-. The van der Waals surface area contributed by atoms with Gasteiger partial charge in [0.1, 0.15) is 6.61 Å². The summed E-state index contributed by atoms with van der Waals surface area (Å²) in [5.41, 5.74) is 4.44. The van der Waals surface area contributed by atoms with Crippen LogP contribution in [0.3, 0.4) is 0 Å². The van der Waals surface area contributed by atoms with Crippen LogP contribution in [0.5, 0.6) is 11.5 Å². The molecule has 0 aromatic heterocycles. The zero-order valence-corrected chi connectivity index (χ0v) is 22.7. The average molecular weight is 606 g/mol. The Morgan fingerprint density at radius 2 is 1.57 bits per heavy atom. The van der Waals surface area contributed by atoms with Gasteiger partial charge >= 0.3 is 0 Å². The summed E-state index contributed by atoms with van der Waals surface area (Å²) in [6, 6.07) is 29.3. The Balaban J connectivity index is 1.53. The van der Waals surface area contributed by atoms with E-state index in [1.54, 1.807) is 61.7 Å². The Kier molecular flexibility index (Phi) is 8.58. The maximum absolute atomic E-state index is 13.2. The molecule has 0 atom stereocenters. The van der Waals surface area contributed by atoms with Crippen LogP contribution in [0.1, 0.15) is 27.8 Å². The van der Waals surface area contributed by atoms with Gasteiger partial charge in [-0.15, -0.1) is 0 Å². The molecule has 0 saturated carbocycles. The first-order valence-electron chi connectivity index (χ1n) is 11.6. The van der Waals surface area contributed by atoms with E-state index in [1.165, 1.54) is 6.21 Å². The lowest BCUT2D eigenvalue weighted by Gasteiger charge is -2.27. The molecule has 188 valence electrons. The van der Waals surface area contributed by atoms with Gasteiger partial charge in [0.25, 0.3) is 5.91 Å². The molecule has 2 N–H and O–H groups in total. The molecule has 0 spiro atoms. The summed E-state index contributed by atoms with van der Waals surface area (Å²) in [7, 11) is 1.58. The number of carbonyl (C=O) groups is 1. The maximum atomic E-state index is 13.2. The van der Waals surface area contributed by atoms with Crippen LogP contribution in [0.25, 0.3) is 0 Å². The fourth-order valence-corrected chi connectivity index (χ4v) is 4.69. The summed E-state index contributed by atoms with van der Waals surface area (Å²) < 4.78 is 12.5. The number of hydrogen-bond acceptors (Lipinski definition) is 5. The molecule has 4 aromatic rings. The molecule has 6 nitrogen and oxygen atoms in total. The largest absolute Gasteiger partial charge is 0.493 e. The number of rotatable bonds is 9. The normalized spacial score (nSPS) is 11.4. The second kappa shape index (κ2) is 12.0. The van der Waals surface area contributed by atoms with E-state index < -0.39 is 11.5 Å². The van der Waals surface area contributed by atoms with Crippen LogP contribution in [0, 0.1) is 10.5 Å². The van der Waals surface area contributed by atoms with Crippen LogP contribution in [-0.2, 0) is 17.0 Å². The van der Waals surface area contributed by atoms with E-state index in [0.29, 0.717) is 34.8 Å². The lowest BCUT2D eigenvalue weighted by Crippen LogP contribution is -2.43. The van der Waals surface area contributed by atoms with Gasteiger partial charge in [0.05, 0.1) is 16.9 Å². The van der Waals surface area contributed by atoms with Crippen LogP contribution in [0.2, 0.25) is 0 Å². The van der Waals surface area contributed by atoms with E-state index in [4.69, 9.17) is 9.47 Å². The first-order chi connectivity index (χ1) is 17.9. The van der Waals surface area contributed by atoms with Gasteiger partial charge in [-0.3, -0.25) is 4.79 Å². The Morgan fingerprint density at radius 1 is 0.973 bits per heavy atom. The lowest BCUT2D eigenvalue weighted by atomic mass is 9.85. The van der Waals surface area contributed by atoms with Crippen molar-refractivity contribution in [1.82, 2.24) is 5.43 Å². The van der Waals surface area contributed by atoms with Crippen LogP contribution in [0.15, 0.2) is 102 Å². The number of nitrogens with one attached hydrogen (secondary N) is 1. The highest BCUT2D eigenvalue weighted by molar-refractivity contribution is 14.1. The highest BCUT2D eigenvalue weighted by Crippen LogP contribution is 2.34. The smallest absolute Gasteiger partial charge is 0.281 e. The Hall–Kier alpha value is -3.69. The van der Waals surface area contributed by atoms with E-state index in [2.05, 4.69) is 33.1 Å². The van der Waals surface area contributed by atoms with Gasteiger partial charge in [-0.25, -0.2) is 5.43 Å². The predicted octanol–water partition coefficient (Wildman–Crippen LogP) is 5.57. The average Bonchev–Trinajstić information content (AvgIpc) is 2.93. The number of halogens is 1. The van der Waals surface area contributed by atoms with Gasteiger partial charge < -0.3 is 14.6 Å². The third-order valence-corrected chi connectivity index (χ3v) is 6.78. The number of benzene rings is 4. The van der Waals surface area contributed by atoms with E-state index in [-0.39, 0.29) is 0 Å². The molecule has 1 amide bonds. The Morgan fingerprint density at radius 3 is 2.16 bits per heavy atom. The van der Waals surface area contributed by atoms with Gasteiger partial charge in [0, 0.05) is 0 Å². The summed E-state index contributed by atoms with van der Waals surface area (Å²) in [6.45, 7) is 2.46. The minimum atomic E-state index is -1.90. The fraction of sp³-hybridized carbons (Fsp3) is 0.133. The Labute approximate surface area is 230 Å². The molecule has 0 saturated heterocycles. The van der Waals surface area contributed by atoms with E-state index in [9.17, 15) is 9.90 Å². The Bertz CT molecular complexity index is 1350. The number of methoxy groups -OCH3 is 1. The van der Waals surface area contributed by atoms with Crippen molar-refractivity contribution in [2.45, 2.75) is 19.1 Å². The van der Waals surface area contributed by atoms with Crippen LogP contribution < -0.4 is 14.9 Å². The van der Waals surface area contributed by atoms with Crippen LogP contribution in [-0.4, -0.2) is 24.3 Å². The molecule has 0 aliphatic rings. The minimum absolute atomic E-state index is 0.417. The summed E-state index contributed by atoms with van der Waals surface area (Å²) in [5, 5.41) is 15.7. The van der Waals surface area contributed by atoms with Gasteiger partial charge in [-0.05, 0) is 69.5 Å². The van der Waals surface area contributed by atoms with Gasteiger partial charge in [0.15, 0.2) is 17.1 Å². The van der Waals surface area contributed by atoms with Gasteiger partial charge in [0.2, 0.25) is 0 Å². The molecular formula is C30H27IN2O4. The first-order valence-corrected chi connectivity index (χ1v) is 12.7. The van der Waals surface area contributed by atoms with Crippen molar-refractivity contribution in [2.24, 2.45) is 5.10 Å². The molecule has 0 heterocycles. The number of amides is 1. The SMILES string of the molecule is COc1cc(/C=N\NC(=O)C(O)(c2ccccc2)c2ccccc2)cc(I)c1OCc1ccccc1C. The first kappa shape index (κ1) is 26.4. The molecule has 0 unspecified atom stereocenters. The number of nitrogens with zero attached hydrogens (tertiary/aromatic N) is 1. The van der Waals surface area contributed by atoms with Crippen LogP contribution in [0.4, 0.5) is 0 Å². The maximum Gasteiger partial charge on any atom is 0.281 e. The summed E-state index contributed by atoms with van der Waals surface area (Å²) >= 11 is 2.19. The quantitative estimate of drug-likeness (QED) is 0.148. The second-order valence-corrected chi connectivity index (χ2v) is 9.55. The third-order valence-electron chi connectivity index (χ3n) is 5.98. The van der Waals surface area contributed by atoms with E-state index in [0.717, 1.165) is 14.7 Å². The second-order valence-electron chi connectivity index (χ2n) is 8.39. The van der Waals surface area contributed by atoms with E-state index >= 15 is 0 Å². The number of carbonyl (C=O) groups excluding carboxylic acids is 1. The molecule has 0 fully saturated rings. The van der Waals surface area contributed by atoms with Crippen molar-refractivity contribution in [2.75, 3.05) is 7.11 Å². The highest BCUT2D eigenvalue weighted by Gasteiger charge is 2.39. The molecule has 0 radical (unpaired) electrons. The lowest BCUT2D eigenvalue weighted by molar-refractivity contribution is -0.136. The topological polar surface area (TPSA) is 80.2 Å². The van der Waals surface area contributed by atoms with Gasteiger partial charge in [-0.2, -0.15) is 5.10 Å². The van der Waals surface area contributed by atoms with Crippen LogP contribution >= 0.6 is 22.6 Å². The molecule has 4 aromatic carbocycles. The van der Waals surface area contributed by atoms with Crippen molar-refractivity contribution in [1.29, 1.82) is 0 Å². The van der Waals surface area contributed by atoms with Crippen molar-refractivity contribution in [3.63, 3.8) is 0 Å². The van der Waals surface area contributed by atoms with E-state index in [1.807, 2.05) is 49.4 Å². The van der Waals surface area contributed by atoms with Crippen molar-refractivity contribution in [3.8, 4) is 11.5 Å². The number of aryl methyl sites for hydroxylation is 1. The molecule has 4 rings (SSSR count). The predicted molar refractivity (Wildman–Crippen MR) is 153 cm³/mol. The molecule has 37 heavy (non-hydrogen) atoms. The molecule has 0 aliphatic carbocycles. The zero-order chi connectivity index (χ0) is 26.3. The molecule has 0 aliphatic heterocycles. The number of hydrogen-bond donors (Lipinski definition) is 2. The summed E-state index contributed by atoms with van der Waals surface area (Å²) in [4.78, 5) is 13.2. The zero-order valence-electron chi connectivity index (χ0n) is 20.5. The van der Waals surface area contributed by atoms with Crippen molar-refractivity contribution < 1.29 is 19.4 Å². The minimum Gasteiger partial charge on any atom is -0.493 e.